The molecule has 0 aromatic rings. The third-order valence-corrected chi connectivity index (χ3v) is 3.38. The van der Waals surface area contributed by atoms with Crippen LogP contribution in [0.3, 0.4) is 0 Å². The maximum atomic E-state index is 3.76. The van der Waals surface area contributed by atoms with E-state index in [1.807, 2.05) is 0 Å². The molecule has 0 bridgehead atoms. The lowest BCUT2D eigenvalue weighted by Crippen LogP contribution is -2.39. The predicted molar refractivity (Wildman–Crippen MR) is 63.5 cm³/mol. The van der Waals surface area contributed by atoms with Gasteiger partial charge in [-0.3, -0.25) is 0 Å². The molecular weight excluding hydrogens is 170 g/mol. The summed E-state index contributed by atoms with van der Waals surface area (Å²) in [5, 5.41) is 3.76. The van der Waals surface area contributed by atoms with Crippen LogP contribution in [0.2, 0.25) is 0 Å². The predicted octanol–water partition coefficient (Wildman–Crippen LogP) is 3.73. The summed E-state index contributed by atoms with van der Waals surface area (Å²) in [6, 6.07) is 1.45. The van der Waals surface area contributed by atoms with Crippen LogP contribution in [0.15, 0.2) is 0 Å². The van der Waals surface area contributed by atoms with Crippen LogP contribution in [0.5, 0.6) is 0 Å². The average Bonchev–Trinajstić information content (AvgIpc) is 2.64. The van der Waals surface area contributed by atoms with Crippen molar-refractivity contribution in [2.75, 3.05) is 0 Å². The first kappa shape index (κ1) is 12.0. The number of nitrogens with one attached hydrogen (secondary N) is 1. The van der Waals surface area contributed by atoms with Gasteiger partial charge in [-0.05, 0) is 25.2 Å². The Bertz CT molecular complexity index is 136. The van der Waals surface area contributed by atoms with Gasteiger partial charge in [-0.15, -0.1) is 0 Å². The molecule has 0 aromatic heterocycles. The molecule has 1 saturated carbocycles. The topological polar surface area (TPSA) is 12.0 Å². The SMILES string of the molecule is CCCCC(NC(C)C)C1CCCC1. The van der Waals surface area contributed by atoms with E-state index in [-0.39, 0.29) is 0 Å². The monoisotopic (exact) mass is 197 g/mol. The van der Waals surface area contributed by atoms with Gasteiger partial charge in [-0.25, -0.2) is 0 Å². The Kier molecular flexibility index (Phi) is 5.54. The zero-order valence-corrected chi connectivity index (χ0v) is 10.2. The molecule has 0 heterocycles. The molecule has 0 aromatic carbocycles. The number of hydrogen-bond donors (Lipinski definition) is 1. The molecule has 1 atom stereocenters. The van der Waals surface area contributed by atoms with Crippen LogP contribution in [-0.2, 0) is 0 Å². The standard InChI is InChI=1S/C13H27N/c1-4-5-10-13(14-11(2)3)12-8-6-7-9-12/h11-14H,4-10H2,1-3H3. The first-order chi connectivity index (χ1) is 6.74. The summed E-state index contributed by atoms with van der Waals surface area (Å²) in [5.74, 6) is 0.976. The summed E-state index contributed by atoms with van der Waals surface area (Å²) in [5.41, 5.74) is 0. The summed E-state index contributed by atoms with van der Waals surface area (Å²) in [6.45, 7) is 6.84. The van der Waals surface area contributed by atoms with E-state index in [2.05, 4.69) is 26.1 Å². The van der Waals surface area contributed by atoms with Crippen LogP contribution in [0, 0.1) is 5.92 Å². The lowest BCUT2D eigenvalue weighted by molar-refractivity contribution is 0.313. The quantitative estimate of drug-likeness (QED) is 0.684. The second kappa shape index (κ2) is 6.44. The lowest BCUT2D eigenvalue weighted by Gasteiger charge is -2.26. The Morgan fingerprint density at radius 1 is 1.21 bits per heavy atom. The maximum Gasteiger partial charge on any atom is 0.00976 e. The molecule has 0 aliphatic heterocycles. The maximum absolute atomic E-state index is 3.76. The Labute approximate surface area is 89.7 Å². The number of hydrogen-bond acceptors (Lipinski definition) is 1. The minimum Gasteiger partial charge on any atom is -0.312 e. The fourth-order valence-electron chi connectivity index (χ4n) is 2.67. The Hall–Kier alpha value is -0.0400. The van der Waals surface area contributed by atoms with Gasteiger partial charge >= 0.3 is 0 Å². The van der Waals surface area contributed by atoms with E-state index in [0.29, 0.717) is 6.04 Å². The normalized spacial score (nSPS) is 20.6. The van der Waals surface area contributed by atoms with Crippen molar-refractivity contribution in [3.05, 3.63) is 0 Å². The fraction of sp³-hybridized carbons (Fsp3) is 1.00. The van der Waals surface area contributed by atoms with Gasteiger partial charge in [0.2, 0.25) is 0 Å². The lowest BCUT2D eigenvalue weighted by atomic mass is 9.93. The van der Waals surface area contributed by atoms with Crippen LogP contribution in [0.25, 0.3) is 0 Å². The van der Waals surface area contributed by atoms with Gasteiger partial charge in [-0.1, -0.05) is 46.5 Å². The van der Waals surface area contributed by atoms with E-state index < -0.39 is 0 Å². The molecule has 1 aliphatic rings. The van der Waals surface area contributed by atoms with Crippen molar-refractivity contribution in [2.24, 2.45) is 5.92 Å². The van der Waals surface area contributed by atoms with E-state index in [4.69, 9.17) is 0 Å². The summed E-state index contributed by atoms with van der Waals surface area (Å²) in [7, 11) is 0. The van der Waals surface area contributed by atoms with Gasteiger partial charge < -0.3 is 5.32 Å². The minimum atomic E-state index is 0.650. The summed E-state index contributed by atoms with van der Waals surface area (Å²) < 4.78 is 0. The first-order valence-corrected chi connectivity index (χ1v) is 6.50. The van der Waals surface area contributed by atoms with Crippen LogP contribution >= 0.6 is 0 Å². The van der Waals surface area contributed by atoms with Crippen molar-refractivity contribution in [1.29, 1.82) is 0 Å². The Morgan fingerprint density at radius 2 is 1.86 bits per heavy atom. The first-order valence-electron chi connectivity index (χ1n) is 6.50. The van der Waals surface area contributed by atoms with Crippen molar-refractivity contribution >= 4 is 0 Å². The van der Waals surface area contributed by atoms with Gasteiger partial charge in [0.25, 0.3) is 0 Å². The molecule has 1 nitrogen and oxygen atoms in total. The molecule has 1 rings (SSSR count). The summed E-state index contributed by atoms with van der Waals surface area (Å²) in [4.78, 5) is 0. The van der Waals surface area contributed by atoms with Gasteiger partial charge in [0.05, 0.1) is 0 Å². The molecule has 0 spiro atoms. The Morgan fingerprint density at radius 3 is 2.36 bits per heavy atom. The molecule has 0 radical (unpaired) electrons. The minimum absolute atomic E-state index is 0.650. The molecule has 0 saturated heterocycles. The van der Waals surface area contributed by atoms with Gasteiger partial charge in [-0.2, -0.15) is 0 Å². The smallest absolute Gasteiger partial charge is 0.00976 e. The van der Waals surface area contributed by atoms with Crippen LogP contribution < -0.4 is 5.32 Å². The second-order valence-electron chi connectivity index (χ2n) is 5.11. The van der Waals surface area contributed by atoms with Crippen molar-refractivity contribution in [3.63, 3.8) is 0 Å². The van der Waals surface area contributed by atoms with E-state index in [1.165, 1.54) is 44.9 Å². The van der Waals surface area contributed by atoms with E-state index in [9.17, 15) is 0 Å². The summed E-state index contributed by atoms with van der Waals surface area (Å²) in [6.07, 6.45) is 9.98. The molecule has 1 unspecified atom stereocenters. The molecule has 1 N–H and O–H groups in total. The van der Waals surface area contributed by atoms with E-state index >= 15 is 0 Å². The number of rotatable bonds is 6. The highest BCUT2D eigenvalue weighted by molar-refractivity contribution is 4.81. The van der Waals surface area contributed by atoms with Crippen molar-refractivity contribution in [1.82, 2.24) is 5.32 Å². The number of unbranched alkanes of at least 4 members (excludes halogenated alkanes) is 1. The van der Waals surface area contributed by atoms with E-state index in [1.54, 1.807) is 0 Å². The molecule has 1 heteroatoms. The summed E-state index contributed by atoms with van der Waals surface area (Å²) >= 11 is 0. The zero-order chi connectivity index (χ0) is 10.4. The molecule has 0 amide bonds. The van der Waals surface area contributed by atoms with Gasteiger partial charge in [0.15, 0.2) is 0 Å². The fourth-order valence-corrected chi connectivity index (χ4v) is 2.67. The highest BCUT2D eigenvalue weighted by Crippen LogP contribution is 2.29. The Balaban J connectivity index is 2.34. The van der Waals surface area contributed by atoms with Crippen molar-refractivity contribution < 1.29 is 0 Å². The molecular formula is C13H27N. The van der Waals surface area contributed by atoms with Crippen molar-refractivity contribution in [3.8, 4) is 0 Å². The third-order valence-electron chi connectivity index (χ3n) is 3.38. The highest BCUT2D eigenvalue weighted by atomic mass is 14.9. The highest BCUT2D eigenvalue weighted by Gasteiger charge is 2.24. The van der Waals surface area contributed by atoms with Crippen molar-refractivity contribution in [2.45, 2.75) is 77.8 Å². The molecule has 1 fully saturated rings. The van der Waals surface area contributed by atoms with Crippen LogP contribution in [0.1, 0.15) is 65.7 Å². The van der Waals surface area contributed by atoms with Crippen LogP contribution in [-0.4, -0.2) is 12.1 Å². The van der Waals surface area contributed by atoms with E-state index in [0.717, 1.165) is 12.0 Å². The largest absolute Gasteiger partial charge is 0.312 e. The van der Waals surface area contributed by atoms with Gasteiger partial charge in [0.1, 0.15) is 0 Å². The van der Waals surface area contributed by atoms with Gasteiger partial charge in [0, 0.05) is 12.1 Å². The second-order valence-corrected chi connectivity index (χ2v) is 5.11. The zero-order valence-electron chi connectivity index (χ0n) is 10.2. The third kappa shape index (κ3) is 4.00. The molecule has 14 heavy (non-hydrogen) atoms. The molecule has 1 aliphatic carbocycles. The average molecular weight is 197 g/mol. The van der Waals surface area contributed by atoms with Crippen LogP contribution in [0.4, 0.5) is 0 Å². The molecule has 84 valence electrons.